The van der Waals surface area contributed by atoms with Crippen LogP contribution in [0.15, 0.2) is 0 Å². The SMILES string of the molecule is CCc1nsc(N2CCn3c(C(C)C)nnc3[C@H]2C)n1. The van der Waals surface area contributed by atoms with E-state index in [1.807, 2.05) is 0 Å². The number of aryl methyl sites for hydroxylation is 1. The molecule has 108 valence electrons. The molecule has 0 aromatic carbocycles. The lowest BCUT2D eigenvalue weighted by Gasteiger charge is -2.33. The van der Waals surface area contributed by atoms with Crippen LogP contribution in [0.5, 0.6) is 0 Å². The van der Waals surface area contributed by atoms with Crippen LogP contribution < -0.4 is 4.90 Å². The molecule has 2 aromatic rings. The highest BCUT2D eigenvalue weighted by atomic mass is 32.1. The van der Waals surface area contributed by atoms with E-state index in [0.29, 0.717) is 5.92 Å². The van der Waals surface area contributed by atoms with Crippen LogP contribution in [-0.2, 0) is 13.0 Å². The van der Waals surface area contributed by atoms with Crippen LogP contribution in [0.1, 0.15) is 57.1 Å². The Hall–Kier alpha value is -1.50. The molecule has 2 aromatic heterocycles. The fourth-order valence-electron chi connectivity index (χ4n) is 2.60. The second-order valence-corrected chi connectivity index (χ2v) is 6.17. The van der Waals surface area contributed by atoms with E-state index in [1.165, 1.54) is 11.5 Å². The molecule has 0 amide bonds. The van der Waals surface area contributed by atoms with Gasteiger partial charge in [0, 0.05) is 37.0 Å². The largest absolute Gasteiger partial charge is 0.335 e. The molecule has 6 nitrogen and oxygen atoms in total. The molecule has 1 atom stereocenters. The first kappa shape index (κ1) is 13.5. The maximum absolute atomic E-state index is 4.59. The molecule has 1 aliphatic rings. The average Bonchev–Trinajstić information content (AvgIpc) is 3.05. The third-order valence-corrected chi connectivity index (χ3v) is 4.54. The van der Waals surface area contributed by atoms with Gasteiger partial charge in [-0.3, -0.25) is 0 Å². The Kier molecular flexibility index (Phi) is 3.45. The monoisotopic (exact) mass is 292 g/mol. The van der Waals surface area contributed by atoms with E-state index < -0.39 is 0 Å². The first-order valence-electron chi connectivity index (χ1n) is 7.14. The average molecular weight is 292 g/mol. The smallest absolute Gasteiger partial charge is 0.205 e. The molecule has 7 heteroatoms. The van der Waals surface area contributed by atoms with Crippen molar-refractivity contribution < 1.29 is 0 Å². The van der Waals surface area contributed by atoms with Gasteiger partial charge in [-0.1, -0.05) is 20.8 Å². The van der Waals surface area contributed by atoms with E-state index >= 15 is 0 Å². The van der Waals surface area contributed by atoms with Crippen molar-refractivity contribution in [1.29, 1.82) is 0 Å². The molecule has 1 aliphatic heterocycles. The van der Waals surface area contributed by atoms with Crippen LogP contribution in [-0.4, -0.2) is 30.7 Å². The van der Waals surface area contributed by atoms with Gasteiger partial charge in [0.25, 0.3) is 0 Å². The highest BCUT2D eigenvalue weighted by molar-refractivity contribution is 7.09. The molecule has 0 saturated heterocycles. The Morgan fingerprint density at radius 1 is 1.30 bits per heavy atom. The molecule has 0 unspecified atom stereocenters. The van der Waals surface area contributed by atoms with Crippen molar-refractivity contribution in [2.45, 2.75) is 52.6 Å². The highest BCUT2D eigenvalue weighted by Crippen LogP contribution is 2.31. The molecule has 3 rings (SSSR count). The van der Waals surface area contributed by atoms with Gasteiger partial charge in [-0.05, 0) is 6.92 Å². The van der Waals surface area contributed by atoms with Crippen molar-refractivity contribution in [2.24, 2.45) is 0 Å². The number of rotatable bonds is 3. The molecule has 20 heavy (non-hydrogen) atoms. The third kappa shape index (κ3) is 2.09. The lowest BCUT2D eigenvalue weighted by Crippen LogP contribution is -2.37. The highest BCUT2D eigenvalue weighted by Gasteiger charge is 2.30. The molecule has 0 N–H and O–H groups in total. The molecule has 0 spiro atoms. The van der Waals surface area contributed by atoms with Gasteiger partial charge >= 0.3 is 0 Å². The van der Waals surface area contributed by atoms with Crippen molar-refractivity contribution in [3.05, 3.63) is 17.5 Å². The second-order valence-electron chi connectivity index (χ2n) is 5.44. The lowest BCUT2D eigenvalue weighted by atomic mass is 10.1. The van der Waals surface area contributed by atoms with E-state index in [9.17, 15) is 0 Å². The summed E-state index contributed by atoms with van der Waals surface area (Å²) in [6.45, 7) is 10.4. The van der Waals surface area contributed by atoms with Crippen molar-refractivity contribution in [3.63, 3.8) is 0 Å². The fourth-order valence-corrected chi connectivity index (χ4v) is 3.46. The van der Waals surface area contributed by atoms with Gasteiger partial charge in [-0.25, -0.2) is 4.98 Å². The van der Waals surface area contributed by atoms with E-state index in [4.69, 9.17) is 0 Å². The summed E-state index contributed by atoms with van der Waals surface area (Å²) < 4.78 is 6.64. The van der Waals surface area contributed by atoms with Crippen molar-refractivity contribution in [1.82, 2.24) is 24.1 Å². The Morgan fingerprint density at radius 2 is 2.10 bits per heavy atom. The predicted octanol–water partition coefficient (Wildman–Crippen LogP) is 2.40. The first-order chi connectivity index (χ1) is 9.61. The Balaban J connectivity index is 1.91. The van der Waals surface area contributed by atoms with Crippen LogP contribution in [0, 0.1) is 0 Å². The van der Waals surface area contributed by atoms with Gasteiger partial charge in [-0.15, -0.1) is 10.2 Å². The Bertz CT molecular complexity index is 602. The van der Waals surface area contributed by atoms with Gasteiger partial charge in [-0.2, -0.15) is 4.37 Å². The summed E-state index contributed by atoms with van der Waals surface area (Å²) in [6, 6.07) is 0.196. The van der Waals surface area contributed by atoms with Gasteiger partial charge in [0.2, 0.25) is 5.13 Å². The van der Waals surface area contributed by atoms with Crippen LogP contribution >= 0.6 is 11.5 Å². The summed E-state index contributed by atoms with van der Waals surface area (Å²) >= 11 is 1.48. The van der Waals surface area contributed by atoms with Crippen molar-refractivity contribution in [2.75, 3.05) is 11.4 Å². The van der Waals surface area contributed by atoms with Gasteiger partial charge in [0.05, 0.1) is 6.04 Å². The minimum atomic E-state index is 0.196. The normalized spacial score (nSPS) is 18.6. The molecule has 0 bridgehead atoms. The maximum Gasteiger partial charge on any atom is 0.205 e. The molecule has 0 fully saturated rings. The number of hydrogen-bond acceptors (Lipinski definition) is 6. The van der Waals surface area contributed by atoms with E-state index in [1.54, 1.807) is 0 Å². The molecule has 3 heterocycles. The quantitative estimate of drug-likeness (QED) is 0.869. The third-order valence-electron chi connectivity index (χ3n) is 3.75. The summed E-state index contributed by atoms with van der Waals surface area (Å²) in [4.78, 5) is 6.88. The number of anilines is 1. The van der Waals surface area contributed by atoms with Gasteiger partial charge in [0.15, 0.2) is 5.82 Å². The minimum Gasteiger partial charge on any atom is -0.335 e. The molecular formula is C13H20N6S. The molecule has 0 aliphatic carbocycles. The topological polar surface area (TPSA) is 59.7 Å². The number of aromatic nitrogens is 5. The Labute approximate surface area is 123 Å². The number of fused-ring (bicyclic) bond motifs is 1. The second kappa shape index (κ2) is 5.12. The van der Waals surface area contributed by atoms with Crippen LogP contribution in [0.25, 0.3) is 0 Å². The summed E-state index contributed by atoms with van der Waals surface area (Å²) in [5.41, 5.74) is 0. The summed E-state index contributed by atoms with van der Waals surface area (Å²) in [7, 11) is 0. The summed E-state index contributed by atoms with van der Waals surface area (Å²) in [5, 5.41) is 9.74. The van der Waals surface area contributed by atoms with E-state index in [0.717, 1.165) is 42.1 Å². The van der Waals surface area contributed by atoms with Crippen LogP contribution in [0.4, 0.5) is 5.13 Å². The van der Waals surface area contributed by atoms with Gasteiger partial charge < -0.3 is 9.47 Å². The van der Waals surface area contributed by atoms with Gasteiger partial charge in [0.1, 0.15) is 11.6 Å². The molecule has 0 saturated carbocycles. The number of nitrogens with zero attached hydrogens (tertiary/aromatic N) is 6. The zero-order chi connectivity index (χ0) is 14.3. The maximum atomic E-state index is 4.59. The zero-order valence-corrected chi connectivity index (χ0v) is 13.2. The van der Waals surface area contributed by atoms with Crippen LogP contribution in [0.2, 0.25) is 0 Å². The zero-order valence-electron chi connectivity index (χ0n) is 12.4. The lowest BCUT2D eigenvalue weighted by molar-refractivity contribution is 0.479. The Morgan fingerprint density at radius 3 is 2.75 bits per heavy atom. The van der Waals surface area contributed by atoms with Crippen molar-refractivity contribution >= 4 is 16.7 Å². The summed E-state index contributed by atoms with van der Waals surface area (Å²) in [6.07, 6.45) is 0.881. The minimum absolute atomic E-state index is 0.196. The molecule has 0 radical (unpaired) electrons. The standard InChI is InChI=1S/C13H20N6S/c1-5-10-14-13(20-17-10)18-6-7-19-11(8(2)3)15-16-12(19)9(18)4/h8-9H,5-7H2,1-4H3/t9-/m1/s1. The van der Waals surface area contributed by atoms with E-state index in [-0.39, 0.29) is 6.04 Å². The molecular weight excluding hydrogens is 272 g/mol. The van der Waals surface area contributed by atoms with E-state index in [2.05, 4.69) is 56.7 Å². The first-order valence-corrected chi connectivity index (χ1v) is 7.91. The summed E-state index contributed by atoms with van der Waals surface area (Å²) in [5.74, 6) is 3.45. The van der Waals surface area contributed by atoms with Crippen molar-refractivity contribution in [3.8, 4) is 0 Å². The predicted molar refractivity (Wildman–Crippen MR) is 79.2 cm³/mol. The number of hydrogen-bond donors (Lipinski definition) is 0. The fraction of sp³-hybridized carbons (Fsp3) is 0.692. The van der Waals surface area contributed by atoms with Crippen LogP contribution in [0.3, 0.4) is 0 Å².